The van der Waals surface area contributed by atoms with Crippen molar-refractivity contribution in [2.24, 2.45) is 0 Å². The first-order chi connectivity index (χ1) is 14.0. The average molecular weight is 411 g/mol. The van der Waals surface area contributed by atoms with Gasteiger partial charge in [0.15, 0.2) is 5.16 Å². The third-order valence-corrected chi connectivity index (χ3v) is 5.46. The molecule has 3 aromatic rings. The van der Waals surface area contributed by atoms with Gasteiger partial charge in [-0.05, 0) is 44.2 Å². The number of hydrogen-bond donors (Lipinski definition) is 1. The van der Waals surface area contributed by atoms with Gasteiger partial charge < -0.3 is 10.0 Å². The molecule has 8 heteroatoms. The Labute approximate surface area is 172 Å². The summed E-state index contributed by atoms with van der Waals surface area (Å²) in [7, 11) is 0. The van der Waals surface area contributed by atoms with Gasteiger partial charge in [0, 0.05) is 13.1 Å². The van der Waals surface area contributed by atoms with E-state index in [9.17, 15) is 19.5 Å². The Morgan fingerprint density at radius 3 is 2.41 bits per heavy atom. The first kappa shape index (κ1) is 20.6. The van der Waals surface area contributed by atoms with Crippen molar-refractivity contribution in [1.29, 1.82) is 0 Å². The van der Waals surface area contributed by atoms with E-state index in [1.807, 2.05) is 32.0 Å². The molecule has 0 aliphatic rings. The molecule has 7 nitrogen and oxygen atoms in total. The fourth-order valence-corrected chi connectivity index (χ4v) is 3.91. The number of para-hydroxylation sites is 1. The lowest BCUT2D eigenvalue weighted by Crippen LogP contribution is -2.32. The third kappa shape index (κ3) is 4.32. The van der Waals surface area contributed by atoms with E-state index in [0.29, 0.717) is 34.8 Å². The van der Waals surface area contributed by atoms with Crippen LogP contribution < -0.4 is 5.56 Å². The van der Waals surface area contributed by atoms with E-state index in [1.54, 1.807) is 17.0 Å². The molecule has 29 heavy (non-hydrogen) atoms. The smallest absolute Gasteiger partial charge is 0.335 e. The second kappa shape index (κ2) is 8.91. The van der Waals surface area contributed by atoms with E-state index >= 15 is 0 Å². The van der Waals surface area contributed by atoms with Crippen LogP contribution in [0.2, 0.25) is 0 Å². The van der Waals surface area contributed by atoms with Crippen molar-refractivity contribution in [2.45, 2.75) is 19.0 Å². The molecule has 3 rings (SSSR count). The zero-order chi connectivity index (χ0) is 21.0. The van der Waals surface area contributed by atoms with E-state index in [0.717, 1.165) is 0 Å². The molecule has 150 valence electrons. The Morgan fingerprint density at radius 1 is 1.10 bits per heavy atom. The van der Waals surface area contributed by atoms with Crippen molar-refractivity contribution in [2.75, 3.05) is 18.8 Å². The molecule has 0 aliphatic carbocycles. The molecule has 1 aromatic heterocycles. The van der Waals surface area contributed by atoms with Crippen LogP contribution in [0.3, 0.4) is 0 Å². The molecule has 0 spiro atoms. The van der Waals surface area contributed by atoms with Gasteiger partial charge in [-0.2, -0.15) is 0 Å². The Kier molecular flexibility index (Phi) is 6.33. The zero-order valence-corrected chi connectivity index (χ0v) is 17.0. The van der Waals surface area contributed by atoms with Crippen LogP contribution in [0.1, 0.15) is 24.2 Å². The van der Waals surface area contributed by atoms with Crippen LogP contribution in [0.15, 0.2) is 58.5 Å². The quantitative estimate of drug-likeness (QED) is 0.475. The number of thioether (sulfide) groups is 1. The molecule has 0 radical (unpaired) electrons. The summed E-state index contributed by atoms with van der Waals surface area (Å²) >= 11 is 1.17. The summed E-state index contributed by atoms with van der Waals surface area (Å²) in [6.45, 7) is 5.03. The Balaban J connectivity index is 2.12. The minimum atomic E-state index is -1.09. The van der Waals surface area contributed by atoms with Gasteiger partial charge in [0.05, 0.1) is 27.9 Å². The van der Waals surface area contributed by atoms with Gasteiger partial charge >= 0.3 is 5.97 Å². The van der Waals surface area contributed by atoms with E-state index in [-0.39, 0.29) is 22.8 Å². The number of fused-ring (bicyclic) bond motifs is 1. The van der Waals surface area contributed by atoms with Gasteiger partial charge in [0.25, 0.3) is 5.56 Å². The van der Waals surface area contributed by atoms with E-state index in [4.69, 9.17) is 0 Å². The molecule has 0 fully saturated rings. The number of benzene rings is 2. The molecule has 0 saturated carbocycles. The molecular formula is C21H21N3O4S. The van der Waals surface area contributed by atoms with Gasteiger partial charge in [-0.1, -0.05) is 30.0 Å². The lowest BCUT2D eigenvalue weighted by molar-refractivity contribution is -0.127. The molecule has 0 unspecified atom stereocenters. The van der Waals surface area contributed by atoms with Crippen LogP contribution in [0, 0.1) is 0 Å². The molecule has 0 saturated heterocycles. The number of aromatic nitrogens is 2. The highest BCUT2D eigenvalue weighted by Crippen LogP contribution is 2.22. The predicted molar refractivity (Wildman–Crippen MR) is 113 cm³/mol. The van der Waals surface area contributed by atoms with Crippen LogP contribution in [-0.4, -0.2) is 50.3 Å². The third-order valence-electron chi connectivity index (χ3n) is 4.54. The summed E-state index contributed by atoms with van der Waals surface area (Å²) in [5.41, 5.74) is 0.667. The molecule has 1 amide bonds. The van der Waals surface area contributed by atoms with E-state index in [2.05, 4.69) is 4.98 Å². The summed E-state index contributed by atoms with van der Waals surface area (Å²) in [6.07, 6.45) is 0. The van der Waals surface area contributed by atoms with Crippen molar-refractivity contribution < 1.29 is 14.7 Å². The van der Waals surface area contributed by atoms with Crippen LogP contribution in [-0.2, 0) is 4.79 Å². The SMILES string of the molecule is CCN(CC)C(=O)CSc1nc2cc(C(=O)O)ccc2c(=O)n1-c1ccccc1. The van der Waals surface area contributed by atoms with Gasteiger partial charge in [-0.15, -0.1) is 0 Å². The largest absolute Gasteiger partial charge is 0.478 e. The Morgan fingerprint density at radius 2 is 1.79 bits per heavy atom. The maximum atomic E-state index is 13.2. The molecular weight excluding hydrogens is 390 g/mol. The van der Waals surface area contributed by atoms with Crippen molar-refractivity contribution in [3.8, 4) is 5.69 Å². The highest BCUT2D eigenvalue weighted by Gasteiger charge is 2.17. The van der Waals surface area contributed by atoms with Crippen molar-refractivity contribution in [3.05, 3.63) is 64.4 Å². The number of carbonyl (C=O) groups excluding carboxylic acids is 1. The number of rotatable bonds is 7. The second-order valence-corrected chi connectivity index (χ2v) is 7.20. The predicted octanol–water partition coefficient (Wildman–Crippen LogP) is 3.04. The standard InChI is InChI=1S/C21H21N3O4S/c1-3-23(4-2)18(25)13-29-21-22-17-12-14(20(27)28)10-11-16(17)19(26)24(21)15-8-6-5-7-9-15/h5-12H,3-4,13H2,1-2H3,(H,27,28). The van der Waals surface area contributed by atoms with Crippen LogP contribution in [0.4, 0.5) is 0 Å². The molecule has 0 bridgehead atoms. The molecule has 2 aromatic carbocycles. The summed E-state index contributed by atoms with van der Waals surface area (Å²) < 4.78 is 1.46. The Bertz CT molecular complexity index is 1110. The molecule has 1 heterocycles. The van der Waals surface area contributed by atoms with E-state index in [1.165, 1.54) is 34.5 Å². The zero-order valence-electron chi connectivity index (χ0n) is 16.2. The number of carboxylic acids is 1. The lowest BCUT2D eigenvalue weighted by atomic mass is 10.1. The van der Waals surface area contributed by atoms with Crippen molar-refractivity contribution in [1.82, 2.24) is 14.5 Å². The normalized spacial score (nSPS) is 10.8. The van der Waals surface area contributed by atoms with Crippen LogP contribution >= 0.6 is 11.8 Å². The maximum absolute atomic E-state index is 13.2. The fraction of sp³-hybridized carbons (Fsp3) is 0.238. The number of carboxylic acid groups (broad SMARTS) is 1. The van der Waals surface area contributed by atoms with Gasteiger partial charge in [0.1, 0.15) is 0 Å². The lowest BCUT2D eigenvalue weighted by Gasteiger charge is -2.19. The molecule has 0 atom stereocenters. The number of nitrogens with zero attached hydrogens (tertiary/aromatic N) is 3. The van der Waals surface area contributed by atoms with Gasteiger partial charge in [-0.3, -0.25) is 14.2 Å². The monoisotopic (exact) mass is 411 g/mol. The van der Waals surface area contributed by atoms with Crippen molar-refractivity contribution >= 4 is 34.5 Å². The molecule has 1 N–H and O–H groups in total. The summed E-state index contributed by atoms with van der Waals surface area (Å²) in [5, 5.41) is 9.90. The summed E-state index contributed by atoms with van der Waals surface area (Å²) in [4.78, 5) is 43.2. The van der Waals surface area contributed by atoms with Crippen LogP contribution in [0.25, 0.3) is 16.6 Å². The number of aromatic carboxylic acids is 1. The average Bonchev–Trinajstić information content (AvgIpc) is 2.73. The first-order valence-corrected chi connectivity index (χ1v) is 10.2. The van der Waals surface area contributed by atoms with Gasteiger partial charge in [-0.25, -0.2) is 9.78 Å². The van der Waals surface area contributed by atoms with E-state index < -0.39 is 5.97 Å². The highest BCUT2D eigenvalue weighted by atomic mass is 32.2. The minimum Gasteiger partial charge on any atom is -0.478 e. The summed E-state index contributed by atoms with van der Waals surface area (Å²) in [5.74, 6) is -1.01. The number of hydrogen-bond acceptors (Lipinski definition) is 5. The topological polar surface area (TPSA) is 92.5 Å². The highest BCUT2D eigenvalue weighted by molar-refractivity contribution is 7.99. The first-order valence-electron chi connectivity index (χ1n) is 9.22. The summed E-state index contributed by atoms with van der Waals surface area (Å²) in [6, 6.07) is 13.3. The fourth-order valence-electron chi connectivity index (χ4n) is 2.99. The number of carbonyl (C=O) groups is 2. The maximum Gasteiger partial charge on any atom is 0.335 e. The molecule has 0 aliphatic heterocycles. The van der Waals surface area contributed by atoms with Crippen LogP contribution in [0.5, 0.6) is 0 Å². The minimum absolute atomic E-state index is 0.0479. The van der Waals surface area contributed by atoms with Crippen molar-refractivity contribution in [3.63, 3.8) is 0 Å². The number of amides is 1. The van der Waals surface area contributed by atoms with Gasteiger partial charge in [0.2, 0.25) is 5.91 Å². The Hall–Kier alpha value is -3.13. The second-order valence-electron chi connectivity index (χ2n) is 6.26.